The van der Waals surface area contributed by atoms with Crippen LogP contribution in [-0.2, 0) is 9.47 Å². The van der Waals surface area contributed by atoms with Crippen LogP contribution in [0.15, 0.2) is 4.99 Å². The van der Waals surface area contributed by atoms with Crippen LogP contribution in [0.2, 0.25) is 0 Å². The van der Waals surface area contributed by atoms with Gasteiger partial charge < -0.3 is 20.1 Å². The number of nitrogens with zero attached hydrogens (tertiary/aromatic N) is 1. The first-order chi connectivity index (χ1) is 10.5. The molecule has 2 N–H and O–H groups in total. The average molecular weight is 441 g/mol. The first kappa shape index (κ1) is 22.9. The topological polar surface area (TPSA) is 54.9 Å². The molecule has 1 saturated heterocycles. The summed E-state index contributed by atoms with van der Waals surface area (Å²) in [6.45, 7) is 9.08. The molecule has 0 aromatic carbocycles. The van der Waals surface area contributed by atoms with Gasteiger partial charge in [0.2, 0.25) is 0 Å². The van der Waals surface area contributed by atoms with Crippen LogP contribution in [0.3, 0.4) is 0 Å². The third kappa shape index (κ3) is 9.10. The minimum atomic E-state index is -0.128. The van der Waals surface area contributed by atoms with Crippen molar-refractivity contribution in [3.8, 4) is 0 Å². The lowest BCUT2D eigenvalue weighted by atomic mass is 9.94. The Morgan fingerprint density at radius 2 is 1.87 bits per heavy atom. The predicted molar refractivity (Wildman–Crippen MR) is 108 cm³/mol. The number of guanidine groups is 1. The first-order valence-corrected chi connectivity index (χ1v) is 8.61. The minimum Gasteiger partial charge on any atom is -0.381 e. The fourth-order valence-electron chi connectivity index (χ4n) is 2.77. The number of rotatable bonds is 8. The minimum absolute atomic E-state index is 0. The molecule has 23 heavy (non-hydrogen) atoms. The van der Waals surface area contributed by atoms with Crippen LogP contribution in [0.25, 0.3) is 0 Å². The van der Waals surface area contributed by atoms with Crippen LogP contribution in [0.5, 0.6) is 0 Å². The van der Waals surface area contributed by atoms with E-state index < -0.39 is 0 Å². The number of ether oxygens (including phenoxy) is 2. The van der Waals surface area contributed by atoms with Crippen molar-refractivity contribution < 1.29 is 9.47 Å². The Morgan fingerprint density at radius 3 is 2.39 bits per heavy atom. The van der Waals surface area contributed by atoms with Gasteiger partial charge >= 0.3 is 0 Å². The van der Waals surface area contributed by atoms with E-state index in [1.165, 1.54) is 19.3 Å². The van der Waals surface area contributed by atoms with E-state index in [1.807, 2.05) is 7.05 Å². The second-order valence-electron chi connectivity index (χ2n) is 6.80. The second-order valence-corrected chi connectivity index (χ2v) is 6.80. The summed E-state index contributed by atoms with van der Waals surface area (Å²) in [6.07, 6.45) is 5.56. The van der Waals surface area contributed by atoms with Gasteiger partial charge in [-0.1, -0.05) is 26.7 Å². The van der Waals surface area contributed by atoms with Crippen molar-refractivity contribution in [2.24, 2.45) is 10.9 Å². The monoisotopic (exact) mass is 441 g/mol. The van der Waals surface area contributed by atoms with Crippen LogP contribution in [0.1, 0.15) is 52.9 Å². The summed E-state index contributed by atoms with van der Waals surface area (Å²) < 4.78 is 11.2. The predicted octanol–water partition coefficient (Wildman–Crippen LogP) is 3.18. The zero-order chi connectivity index (χ0) is 16.4. The number of methoxy groups -OCH3 is 1. The van der Waals surface area contributed by atoms with Crippen LogP contribution in [0, 0.1) is 5.92 Å². The Labute approximate surface area is 159 Å². The molecule has 1 aliphatic rings. The number of hydrogen-bond donors (Lipinski definition) is 2. The van der Waals surface area contributed by atoms with E-state index in [1.54, 1.807) is 7.11 Å². The molecule has 0 aromatic rings. The van der Waals surface area contributed by atoms with E-state index in [0.717, 1.165) is 44.5 Å². The molecule has 5 nitrogen and oxygen atoms in total. The summed E-state index contributed by atoms with van der Waals surface area (Å²) >= 11 is 0. The van der Waals surface area contributed by atoms with Crippen LogP contribution >= 0.6 is 24.0 Å². The quantitative estimate of drug-likeness (QED) is 0.345. The number of hydrogen-bond acceptors (Lipinski definition) is 3. The zero-order valence-electron chi connectivity index (χ0n) is 15.5. The molecule has 1 rings (SSSR count). The van der Waals surface area contributed by atoms with E-state index in [9.17, 15) is 0 Å². The highest BCUT2D eigenvalue weighted by atomic mass is 127. The van der Waals surface area contributed by atoms with Crippen molar-refractivity contribution in [2.75, 3.05) is 33.9 Å². The highest BCUT2D eigenvalue weighted by molar-refractivity contribution is 14.0. The molecular formula is C17H36IN3O2. The number of halogens is 1. The summed E-state index contributed by atoms with van der Waals surface area (Å²) in [5.41, 5.74) is -0.128. The molecule has 0 amide bonds. The molecule has 6 heteroatoms. The molecule has 0 aromatic heterocycles. The molecule has 0 spiro atoms. The fourth-order valence-corrected chi connectivity index (χ4v) is 2.77. The average Bonchev–Trinajstić information content (AvgIpc) is 2.52. The summed E-state index contributed by atoms with van der Waals surface area (Å²) in [6, 6.07) is 0.429. The van der Waals surface area contributed by atoms with E-state index in [4.69, 9.17) is 9.47 Å². The fraction of sp³-hybridized carbons (Fsp3) is 0.941. The normalized spacial score (nSPS) is 19.1. The Hall–Kier alpha value is -0.0800. The number of aliphatic imine (C=N–C) groups is 1. The first-order valence-electron chi connectivity index (χ1n) is 8.61. The Kier molecular flexibility index (Phi) is 12.3. The molecule has 138 valence electrons. The van der Waals surface area contributed by atoms with Crippen LogP contribution in [0.4, 0.5) is 0 Å². The van der Waals surface area contributed by atoms with Crippen molar-refractivity contribution in [1.29, 1.82) is 0 Å². The maximum atomic E-state index is 5.74. The molecule has 1 fully saturated rings. The van der Waals surface area contributed by atoms with Crippen molar-refractivity contribution >= 4 is 29.9 Å². The van der Waals surface area contributed by atoms with E-state index in [2.05, 4.69) is 36.4 Å². The van der Waals surface area contributed by atoms with Gasteiger partial charge in [0.15, 0.2) is 5.96 Å². The Bertz CT molecular complexity index is 332. The lowest BCUT2D eigenvalue weighted by Gasteiger charge is -2.36. The van der Waals surface area contributed by atoms with Crippen molar-refractivity contribution in [3.05, 3.63) is 0 Å². The summed E-state index contributed by atoms with van der Waals surface area (Å²) in [4.78, 5) is 4.33. The second kappa shape index (κ2) is 12.3. The molecule has 0 radical (unpaired) electrons. The molecule has 1 atom stereocenters. The smallest absolute Gasteiger partial charge is 0.191 e. The standard InChI is InChI=1S/C17H35N3O2.HI/c1-14(2)7-6-8-15(3)20-16(18-4)19-13-17(21-5)9-11-22-12-10-17;/h14-15H,6-13H2,1-5H3,(H2,18,19,20);1H. The van der Waals surface area contributed by atoms with Crippen LogP contribution in [-0.4, -0.2) is 51.5 Å². The largest absolute Gasteiger partial charge is 0.381 e. The molecule has 1 unspecified atom stereocenters. The Morgan fingerprint density at radius 1 is 1.22 bits per heavy atom. The zero-order valence-corrected chi connectivity index (χ0v) is 17.8. The third-order valence-corrected chi connectivity index (χ3v) is 4.44. The van der Waals surface area contributed by atoms with Gasteiger partial charge in [-0.2, -0.15) is 0 Å². The van der Waals surface area contributed by atoms with E-state index in [0.29, 0.717) is 6.04 Å². The molecule has 0 bridgehead atoms. The van der Waals surface area contributed by atoms with Crippen molar-refractivity contribution in [3.63, 3.8) is 0 Å². The SMILES string of the molecule is CN=C(NCC1(OC)CCOCC1)NC(C)CCCC(C)C.I. The summed E-state index contributed by atoms with van der Waals surface area (Å²) in [7, 11) is 3.61. The van der Waals surface area contributed by atoms with Gasteiger partial charge in [-0.15, -0.1) is 24.0 Å². The molecule has 0 saturated carbocycles. The van der Waals surface area contributed by atoms with Gasteiger partial charge in [0.25, 0.3) is 0 Å². The highest BCUT2D eigenvalue weighted by Gasteiger charge is 2.32. The summed E-state index contributed by atoms with van der Waals surface area (Å²) in [5.74, 6) is 1.64. The lowest BCUT2D eigenvalue weighted by molar-refractivity contribution is -0.0855. The van der Waals surface area contributed by atoms with Crippen LogP contribution < -0.4 is 10.6 Å². The molecule has 1 heterocycles. The molecule has 1 aliphatic heterocycles. The number of nitrogens with one attached hydrogen (secondary N) is 2. The van der Waals surface area contributed by atoms with Gasteiger partial charge in [-0.25, -0.2) is 0 Å². The lowest BCUT2D eigenvalue weighted by Crippen LogP contribution is -2.52. The van der Waals surface area contributed by atoms with Crippen molar-refractivity contribution in [1.82, 2.24) is 10.6 Å². The van der Waals surface area contributed by atoms with Gasteiger partial charge in [-0.05, 0) is 19.3 Å². The van der Waals surface area contributed by atoms with Gasteiger partial charge in [0.1, 0.15) is 0 Å². The van der Waals surface area contributed by atoms with E-state index in [-0.39, 0.29) is 29.6 Å². The van der Waals surface area contributed by atoms with Gasteiger partial charge in [0.05, 0.1) is 5.60 Å². The highest BCUT2D eigenvalue weighted by Crippen LogP contribution is 2.23. The maximum absolute atomic E-state index is 5.74. The summed E-state index contributed by atoms with van der Waals surface area (Å²) in [5, 5.41) is 6.89. The van der Waals surface area contributed by atoms with Gasteiger partial charge in [0, 0.05) is 52.8 Å². The van der Waals surface area contributed by atoms with E-state index >= 15 is 0 Å². The maximum Gasteiger partial charge on any atom is 0.191 e. The van der Waals surface area contributed by atoms with Gasteiger partial charge in [-0.3, -0.25) is 4.99 Å². The molecular weight excluding hydrogens is 405 g/mol. The van der Waals surface area contributed by atoms with Crippen molar-refractivity contribution in [2.45, 2.75) is 64.5 Å². The Balaban J connectivity index is 0.00000484. The molecule has 0 aliphatic carbocycles. The third-order valence-electron chi connectivity index (χ3n) is 4.44.